The molecule has 4 rings (SSSR count). The molecule has 2 fully saturated rings. The number of ether oxygens (including phenoxy) is 1. The molecule has 1 atom stereocenters. The lowest BCUT2D eigenvalue weighted by Gasteiger charge is -2.37. The molecule has 2 aliphatic heterocycles. The number of amides is 2. The van der Waals surface area contributed by atoms with Gasteiger partial charge in [-0.1, -0.05) is 12.1 Å². The van der Waals surface area contributed by atoms with Gasteiger partial charge in [0.05, 0.1) is 18.9 Å². The van der Waals surface area contributed by atoms with Crippen molar-refractivity contribution < 1.29 is 14.3 Å². The highest BCUT2D eigenvalue weighted by atomic mass is 32.1. The fourth-order valence-corrected chi connectivity index (χ4v) is 5.53. The molecular formula is C20H24N2O3S2. The molecule has 2 saturated heterocycles. The lowest BCUT2D eigenvalue weighted by atomic mass is 9.72. The topological polar surface area (TPSA) is 58.6 Å². The Kier molecular flexibility index (Phi) is 5.61. The molecule has 0 aromatic carbocycles. The average Bonchev–Trinajstić information content (AvgIpc) is 3.42. The predicted molar refractivity (Wildman–Crippen MR) is 107 cm³/mol. The van der Waals surface area contributed by atoms with E-state index in [0.717, 1.165) is 22.6 Å². The zero-order valence-electron chi connectivity index (χ0n) is 15.2. The van der Waals surface area contributed by atoms with Crippen LogP contribution >= 0.6 is 22.7 Å². The Bertz CT molecular complexity index is 767. The Morgan fingerprint density at radius 1 is 1.15 bits per heavy atom. The third-order valence-corrected chi connectivity index (χ3v) is 7.48. The number of hydrogen-bond donors (Lipinski definition) is 1. The molecular weight excluding hydrogens is 380 g/mol. The molecule has 0 bridgehead atoms. The number of nitrogens with one attached hydrogen (secondary N) is 1. The first-order valence-electron chi connectivity index (χ1n) is 9.34. The number of likely N-dealkylation sites (tertiary alicyclic amines) is 1. The summed E-state index contributed by atoms with van der Waals surface area (Å²) in [6, 6.07) is 7.99. The maximum absolute atomic E-state index is 13.0. The van der Waals surface area contributed by atoms with Gasteiger partial charge in [0.2, 0.25) is 11.8 Å². The van der Waals surface area contributed by atoms with Gasteiger partial charge < -0.3 is 15.0 Å². The number of nitrogens with zero attached hydrogens (tertiary/aromatic N) is 1. The zero-order valence-corrected chi connectivity index (χ0v) is 16.8. The Labute approximate surface area is 167 Å². The Balaban J connectivity index is 1.45. The van der Waals surface area contributed by atoms with Crippen molar-refractivity contribution in [2.45, 2.75) is 25.8 Å². The van der Waals surface area contributed by atoms with Crippen LogP contribution in [0, 0.1) is 11.3 Å². The van der Waals surface area contributed by atoms with Gasteiger partial charge >= 0.3 is 0 Å². The summed E-state index contributed by atoms with van der Waals surface area (Å²) in [6.45, 7) is 3.07. The highest BCUT2D eigenvalue weighted by Gasteiger charge is 2.51. The van der Waals surface area contributed by atoms with Crippen LogP contribution in [0.1, 0.15) is 22.6 Å². The van der Waals surface area contributed by atoms with Crippen molar-refractivity contribution in [3.8, 4) is 0 Å². The summed E-state index contributed by atoms with van der Waals surface area (Å²) < 4.78 is 5.55. The Hall–Kier alpha value is -1.70. The molecule has 2 aromatic rings. The fraction of sp³-hybridized carbons (Fsp3) is 0.500. The number of carbonyl (C=O) groups is 2. The molecule has 0 unspecified atom stereocenters. The van der Waals surface area contributed by atoms with E-state index < -0.39 is 0 Å². The normalized spacial score (nSPS) is 21.5. The number of carbonyl (C=O) groups excluding carboxylic acids is 2. The summed E-state index contributed by atoms with van der Waals surface area (Å²) in [7, 11) is 0. The Morgan fingerprint density at radius 2 is 1.85 bits per heavy atom. The van der Waals surface area contributed by atoms with Crippen LogP contribution in [0.25, 0.3) is 0 Å². The van der Waals surface area contributed by atoms with Crippen molar-refractivity contribution >= 4 is 34.5 Å². The van der Waals surface area contributed by atoms with E-state index in [1.165, 1.54) is 0 Å². The van der Waals surface area contributed by atoms with Crippen LogP contribution in [0.3, 0.4) is 0 Å². The van der Waals surface area contributed by atoms with E-state index in [1.807, 2.05) is 39.9 Å². The van der Waals surface area contributed by atoms with E-state index >= 15 is 0 Å². The van der Waals surface area contributed by atoms with Crippen molar-refractivity contribution in [2.24, 2.45) is 11.3 Å². The quantitative estimate of drug-likeness (QED) is 0.834. The molecule has 1 N–H and O–H groups in total. The van der Waals surface area contributed by atoms with E-state index in [2.05, 4.69) is 5.32 Å². The van der Waals surface area contributed by atoms with Crippen LogP contribution in [0.5, 0.6) is 0 Å². The van der Waals surface area contributed by atoms with Crippen molar-refractivity contribution in [1.82, 2.24) is 10.2 Å². The van der Waals surface area contributed by atoms with E-state index in [9.17, 15) is 9.59 Å². The standard InChI is InChI=1S/C20H24N2O3S2/c23-18(11-15-3-1-9-26-15)22-13-17(20(14-22)5-7-25-8-6-20)19(24)21-12-16-4-2-10-27-16/h1-4,9-10,17H,5-8,11-14H2,(H,21,24)/t17-/m0/s1. The average molecular weight is 405 g/mol. The second kappa shape index (κ2) is 8.12. The van der Waals surface area contributed by atoms with Gasteiger partial charge in [-0.2, -0.15) is 0 Å². The van der Waals surface area contributed by atoms with E-state index in [1.54, 1.807) is 22.7 Å². The summed E-state index contributed by atoms with van der Waals surface area (Å²) in [5, 5.41) is 7.11. The lowest BCUT2D eigenvalue weighted by Crippen LogP contribution is -2.44. The van der Waals surface area contributed by atoms with Crippen LogP contribution in [0.15, 0.2) is 35.0 Å². The first kappa shape index (κ1) is 18.7. The number of hydrogen-bond acceptors (Lipinski definition) is 5. The lowest BCUT2D eigenvalue weighted by molar-refractivity contribution is -0.130. The van der Waals surface area contributed by atoms with E-state index in [4.69, 9.17) is 4.74 Å². The molecule has 2 aromatic heterocycles. The van der Waals surface area contributed by atoms with Gasteiger partial charge in [0.15, 0.2) is 0 Å². The second-order valence-corrected chi connectivity index (χ2v) is 9.42. The van der Waals surface area contributed by atoms with Gasteiger partial charge in [-0.25, -0.2) is 0 Å². The summed E-state index contributed by atoms with van der Waals surface area (Å²) in [5.41, 5.74) is -0.150. The molecule has 1 spiro atoms. The highest BCUT2D eigenvalue weighted by Crippen LogP contribution is 2.44. The molecule has 5 nitrogen and oxygen atoms in total. The van der Waals surface area contributed by atoms with Crippen LogP contribution in [-0.2, 0) is 27.3 Å². The first-order chi connectivity index (χ1) is 13.2. The fourth-order valence-electron chi connectivity index (χ4n) is 4.19. The molecule has 0 aliphatic carbocycles. The van der Waals surface area contributed by atoms with Crippen LogP contribution < -0.4 is 5.32 Å². The maximum atomic E-state index is 13.0. The molecule has 0 radical (unpaired) electrons. The third kappa shape index (κ3) is 4.10. The summed E-state index contributed by atoms with van der Waals surface area (Å²) >= 11 is 3.25. The van der Waals surface area contributed by atoms with Crippen LogP contribution in [-0.4, -0.2) is 43.0 Å². The van der Waals surface area contributed by atoms with E-state index in [0.29, 0.717) is 39.3 Å². The molecule has 2 aliphatic rings. The van der Waals surface area contributed by atoms with Gasteiger partial charge in [0.25, 0.3) is 0 Å². The molecule has 144 valence electrons. The van der Waals surface area contributed by atoms with Crippen molar-refractivity contribution in [3.63, 3.8) is 0 Å². The minimum Gasteiger partial charge on any atom is -0.381 e. The van der Waals surface area contributed by atoms with Gasteiger partial charge in [-0.05, 0) is 35.7 Å². The van der Waals surface area contributed by atoms with Crippen molar-refractivity contribution in [3.05, 3.63) is 44.8 Å². The van der Waals surface area contributed by atoms with E-state index in [-0.39, 0.29) is 23.1 Å². The molecule has 4 heterocycles. The summed E-state index contributed by atoms with van der Waals surface area (Å²) in [4.78, 5) is 30.0. The zero-order chi connectivity index (χ0) is 18.7. The minimum atomic E-state index is -0.159. The molecule has 0 saturated carbocycles. The van der Waals surface area contributed by atoms with Crippen LogP contribution in [0.4, 0.5) is 0 Å². The number of thiophene rings is 2. The predicted octanol–water partition coefficient (Wildman–Crippen LogP) is 2.92. The van der Waals surface area contributed by atoms with Gasteiger partial charge in [-0.3, -0.25) is 9.59 Å². The first-order valence-corrected chi connectivity index (χ1v) is 11.1. The van der Waals surface area contributed by atoms with Gasteiger partial charge in [-0.15, -0.1) is 22.7 Å². The van der Waals surface area contributed by atoms with Crippen LogP contribution in [0.2, 0.25) is 0 Å². The third-order valence-electron chi connectivity index (χ3n) is 5.73. The van der Waals surface area contributed by atoms with Crippen molar-refractivity contribution in [2.75, 3.05) is 26.3 Å². The minimum absolute atomic E-state index is 0.0664. The maximum Gasteiger partial charge on any atom is 0.227 e. The monoisotopic (exact) mass is 404 g/mol. The molecule has 7 heteroatoms. The van der Waals surface area contributed by atoms with Gasteiger partial charge in [0.1, 0.15) is 0 Å². The summed E-state index contributed by atoms with van der Waals surface area (Å²) in [6.07, 6.45) is 2.10. The highest BCUT2D eigenvalue weighted by molar-refractivity contribution is 7.10. The molecule has 27 heavy (non-hydrogen) atoms. The smallest absolute Gasteiger partial charge is 0.227 e. The van der Waals surface area contributed by atoms with Crippen molar-refractivity contribution in [1.29, 1.82) is 0 Å². The molecule has 2 amide bonds. The second-order valence-electron chi connectivity index (χ2n) is 7.35. The SMILES string of the molecule is O=C(NCc1cccs1)[C@@H]1CN(C(=O)Cc2cccs2)CC12CCOCC2. The number of rotatable bonds is 5. The van der Waals surface area contributed by atoms with Gasteiger partial charge in [0, 0.05) is 41.5 Å². The Morgan fingerprint density at radius 3 is 2.52 bits per heavy atom. The summed E-state index contributed by atoms with van der Waals surface area (Å²) in [5.74, 6) is 0.0299. The largest absolute Gasteiger partial charge is 0.381 e.